The van der Waals surface area contributed by atoms with Crippen molar-refractivity contribution in [2.45, 2.75) is 84.0 Å². The fourth-order valence-electron chi connectivity index (χ4n) is 4.97. The van der Waals surface area contributed by atoms with Crippen LogP contribution >= 0.6 is 0 Å². The highest BCUT2D eigenvalue weighted by Crippen LogP contribution is 2.27. The van der Waals surface area contributed by atoms with Gasteiger partial charge >= 0.3 is 0 Å². The van der Waals surface area contributed by atoms with Crippen molar-refractivity contribution in [3.63, 3.8) is 0 Å². The first kappa shape index (κ1) is 32.7. The minimum atomic E-state index is -1.68. The maximum Gasteiger partial charge on any atom is 0.264 e. The summed E-state index contributed by atoms with van der Waals surface area (Å²) in [7, 11) is -1.68. The molecule has 4 rings (SSSR count). The Kier molecular flexibility index (Phi) is 11.9. The van der Waals surface area contributed by atoms with E-state index in [0.29, 0.717) is 47.9 Å². The van der Waals surface area contributed by atoms with Crippen molar-refractivity contribution in [2.24, 2.45) is 0 Å². The molecule has 0 aliphatic carbocycles. The Morgan fingerprint density at radius 3 is 2.34 bits per heavy atom. The van der Waals surface area contributed by atoms with E-state index >= 15 is 0 Å². The van der Waals surface area contributed by atoms with Crippen molar-refractivity contribution < 1.29 is 13.7 Å². The Morgan fingerprint density at radius 2 is 1.66 bits per heavy atom. The molecule has 0 aliphatic heterocycles. The molecule has 2 heterocycles. The molecular weight excluding hydrogens is 574 g/mol. The van der Waals surface area contributed by atoms with Gasteiger partial charge in [-0.2, -0.15) is 0 Å². The molecule has 0 saturated heterocycles. The predicted molar refractivity (Wildman–Crippen MR) is 173 cm³/mol. The lowest BCUT2D eigenvalue weighted by Gasteiger charge is -2.15. The molecule has 2 aromatic carbocycles. The topological polar surface area (TPSA) is 116 Å². The Hall–Kier alpha value is -4.18. The molecule has 1 atom stereocenters. The van der Waals surface area contributed by atoms with E-state index in [1.54, 1.807) is 25.4 Å². The third-order valence-corrected chi connectivity index (χ3v) is 8.44. The fraction of sp³-hybridized carbons (Fsp3) is 0.382. The molecule has 1 amide bonds. The molecule has 2 aromatic heterocycles. The highest BCUT2D eigenvalue weighted by Gasteiger charge is 2.19. The first-order valence-electron chi connectivity index (χ1n) is 15.3. The zero-order valence-electron chi connectivity index (χ0n) is 26.0. The number of hydrogen-bond donors (Lipinski definition) is 1. The zero-order chi connectivity index (χ0) is 31.5. The van der Waals surface area contributed by atoms with Crippen molar-refractivity contribution in [2.75, 3.05) is 6.61 Å². The Labute approximate surface area is 261 Å². The van der Waals surface area contributed by atoms with Crippen LogP contribution in [0.15, 0.2) is 70.6 Å². The van der Waals surface area contributed by atoms with E-state index in [1.165, 1.54) is 4.57 Å². The van der Waals surface area contributed by atoms with Gasteiger partial charge in [0.2, 0.25) is 11.9 Å². The average Bonchev–Trinajstić information content (AvgIpc) is 3.03. The van der Waals surface area contributed by atoms with E-state index < -0.39 is 11.0 Å². The van der Waals surface area contributed by atoms with Crippen molar-refractivity contribution in [1.29, 1.82) is 0 Å². The molecule has 232 valence electrons. The van der Waals surface area contributed by atoms with Crippen LogP contribution in [0.1, 0.15) is 81.9 Å². The summed E-state index contributed by atoms with van der Waals surface area (Å²) in [5.74, 6) is 1.11. The quantitative estimate of drug-likeness (QED) is 0.162. The predicted octanol–water partition coefficient (Wildman–Crippen LogP) is 6.05. The molecule has 4 aromatic rings. The Bertz CT molecular complexity index is 1640. The summed E-state index contributed by atoms with van der Waals surface area (Å²) in [4.78, 5) is 40.3. The Morgan fingerprint density at radius 1 is 0.955 bits per heavy atom. The maximum atomic E-state index is 13.9. The first-order chi connectivity index (χ1) is 21.4. The lowest BCUT2D eigenvalue weighted by atomic mass is 9.98. The molecular formula is C34H41N5O4S. The average molecular weight is 616 g/mol. The van der Waals surface area contributed by atoms with Crippen molar-refractivity contribution in [1.82, 2.24) is 24.2 Å². The van der Waals surface area contributed by atoms with Gasteiger partial charge < -0.3 is 4.74 Å². The minimum absolute atomic E-state index is 0.188. The summed E-state index contributed by atoms with van der Waals surface area (Å²) < 4.78 is 22.7. The van der Waals surface area contributed by atoms with Crippen LogP contribution in [0.25, 0.3) is 17.1 Å². The molecule has 1 unspecified atom stereocenters. The van der Waals surface area contributed by atoms with Gasteiger partial charge in [-0.25, -0.2) is 23.7 Å². The maximum absolute atomic E-state index is 13.9. The second kappa shape index (κ2) is 16.0. The van der Waals surface area contributed by atoms with Gasteiger partial charge in [0.05, 0.1) is 29.6 Å². The SMILES string of the molecule is CCCCCC(=O)NS(=O)c1ccccc1-c1ccc(Cc2c(CCCC)nc(C)n(-c3ncc(OCC)cn3)c2=O)cc1. The molecule has 10 heteroatoms. The molecule has 0 radical (unpaired) electrons. The number of aromatic nitrogens is 4. The molecule has 0 spiro atoms. The van der Waals surface area contributed by atoms with Gasteiger partial charge in [-0.15, -0.1) is 0 Å². The number of carbonyl (C=O) groups is 1. The van der Waals surface area contributed by atoms with Gasteiger partial charge in [0.25, 0.3) is 5.56 Å². The number of carbonyl (C=O) groups excluding carboxylic acids is 1. The molecule has 0 fully saturated rings. The van der Waals surface area contributed by atoms with Crippen LogP contribution in [0.5, 0.6) is 5.75 Å². The van der Waals surface area contributed by atoms with Gasteiger partial charge in [-0.3, -0.25) is 14.3 Å². The minimum Gasteiger partial charge on any atom is -0.491 e. The number of amides is 1. The van der Waals surface area contributed by atoms with Gasteiger partial charge in [-0.1, -0.05) is 75.6 Å². The molecule has 44 heavy (non-hydrogen) atoms. The normalized spacial score (nSPS) is 11.7. The summed E-state index contributed by atoms with van der Waals surface area (Å²) in [5, 5.41) is 0. The molecule has 1 N–H and O–H groups in total. The van der Waals surface area contributed by atoms with Crippen molar-refractivity contribution in [3.8, 4) is 22.8 Å². The fourth-order valence-corrected chi connectivity index (χ4v) is 5.97. The second-order valence-corrected chi connectivity index (χ2v) is 11.8. The number of benzene rings is 2. The van der Waals surface area contributed by atoms with Crippen LogP contribution in [0.3, 0.4) is 0 Å². The van der Waals surface area contributed by atoms with Gasteiger partial charge in [0, 0.05) is 18.4 Å². The van der Waals surface area contributed by atoms with E-state index in [1.807, 2.05) is 49.4 Å². The van der Waals surface area contributed by atoms with Gasteiger partial charge in [-0.05, 0) is 55.9 Å². The largest absolute Gasteiger partial charge is 0.491 e. The molecule has 0 aliphatic rings. The number of nitrogens with zero attached hydrogens (tertiary/aromatic N) is 4. The van der Waals surface area contributed by atoms with Crippen LogP contribution < -0.4 is 15.0 Å². The van der Waals surface area contributed by atoms with Gasteiger partial charge in [0.15, 0.2) is 16.7 Å². The van der Waals surface area contributed by atoms with E-state index in [9.17, 15) is 13.8 Å². The Balaban J connectivity index is 1.61. The lowest BCUT2D eigenvalue weighted by Crippen LogP contribution is -2.29. The third kappa shape index (κ3) is 8.25. The molecule has 0 bridgehead atoms. The smallest absolute Gasteiger partial charge is 0.264 e. The highest BCUT2D eigenvalue weighted by molar-refractivity contribution is 7.83. The van der Waals surface area contributed by atoms with Crippen LogP contribution in [-0.2, 0) is 28.6 Å². The van der Waals surface area contributed by atoms with Crippen molar-refractivity contribution >= 4 is 16.9 Å². The first-order valence-corrected chi connectivity index (χ1v) is 16.5. The number of unbranched alkanes of at least 4 members (excludes halogenated alkanes) is 3. The number of ether oxygens (including phenoxy) is 1. The highest BCUT2D eigenvalue weighted by atomic mass is 32.2. The van der Waals surface area contributed by atoms with Gasteiger partial charge in [0.1, 0.15) is 5.82 Å². The molecule has 9 nitrogen and oxygen atoms in total. The van der Waals surface area contributed by atoms with E-state index in [-0.39, 0.29) is 17.4 Å². The summed E-state index contributed by atoms with van der Waals surface area (Å²) in [6.07, 6.45) is 9.23. The van der Waals surface area contributed by atoms with E-state index in [2.05, 4.69) is 28.5 Å². The summed E-state index contributed by atoms with van der Waals surface area (Å²) in [5.41, 5.74) is 3.80. The number of aryl methyl sites for hydroxylation is 2. The monoisotopic (exact) mass is 615 g/mol. The van der Waals surface area contributed by atoms with E-state index in [4.69, 9.17) is 9.72 Å². The summed E-state index contributed by atoms with van der Waals surface area (Å²) in [6.45, 7) is 8.37. The zero-order valence-corrected chi connectivity index (χ0v) is 26.8. The number of hydrogen-bond acceptors (Lipinski definition) is 7. The number of nitrogens with one attached hydrogen (secondary N) is 1. The van der Waals surface area contributed by atoms with Crippen LogP contribution in [0, 0.1) is 6.92 Å². The van der Waals surface area contributed by atoms with Crippen LogP contribution in [0.4, 0.5) is 0 Å². The summed E-state index contributed by atoms with van der Waals surface area (Å²) >= 11 is 0. The summed E-state index contributed by atoms with van der Waals surface area (Å²) in [6, 6.07) is 15.2. The van der Waals surface area contributed by atoms with Crippen LogP contribution in [0.2, 0.25) is 0 Å². The van der Waals surface area contributed by atoms with E-state index in [0.717, 1.165) is 54.5 Å². The lowest BCUT2D eigenvalue weighted by molar-refractivity contribution is -0.119. The second-order valence-electron chi connectivity index (χ2n) is 10.6. The number of rotatable bonds is 15. The van der Waals surface area contributed by atoms with Crippen LogP contribution in [-0.4, -0.2) is 36.2 Å². The molecule has 0 saturated carbocycles. The van der Waals surface area contributed by atoms with Crippen molar-refractivity contribution in [3.05, 3.63) is 93.9 Å². The standard InChI is InChI=1S/C34H41N5O4S/c1-5-8-10-16-32(40)38-44(42)31-15-12-11-13-28(31)26-19-17-25(18-20-26)21-29-30(14-9-6-2)37-24(4)39(33(29)41)34-35-22-27(23-36-34)43-7-3/h11-13,15,17-20,22-23H,5-10,14,16,21H2,1-4H3,(H,38,40). The third-order valence-electron chi connectivity index (χ3n) is 7.27.